The van der Waals surface area contributed by atoms with Crippen molar-refractivity contribution < 1.29 is 4.74 Å². The van der Waals surface area contributed by atoms with Crippen molar-refractivity contribution in [2.24, 2.45) is 0 Å². The van der Waals surface area contributed by atoms with Gasteiger partial charge in [0.05, 0.1) is 13.2 Å². The van der Waals surface area contributed by atoms with Crippen molar-refractivity contribution in [3.63, 3.8) is 0 Å². The Kier molecular flexibility index (Phi) is 3.97. The van der Waals surface area contributed by atoms with Gasteiger partial charge in [-0.3, -0.25) is 0 Å². The van der Waals surface area contributed by atoms with E-state index in [1.54, 1.807) is 0 Å². The average Bonchev–Trinajstić information content (AvgIpc) is 2.83. The molecule has 3 heteroatoms. The van der Waals surface area contributed by atoms with Crippen LogP contribution >= 0.6 is 11.3 Å². The second-order valence-corrected chi connectivity index (χ2v) is 6.02. The molecule has 2 aromatic rings. The molecule has 0 radical (unpaired) electrons. The summed E-state index contributed by atoms with van der Waals surface area (Å²) in [5.41, 5.74) is 2.75. The summed E-state index contributed by atoms with van der Waals surface area (Å²) in [5.74, 6) is 0. The highest BCUT2D eigenvalue weighted by atomic mass is 32.1. The minimum atomic E-state index is 0.467. The molecule has 0 spiro atoms. The van der Waals surface area contributed by atoms with Gasteiger partial charge in [0.15, 0.2) is 0 Å². The van der Waals surface area contributed by atoms with Crippen LogP contribution in [0.4, 0.5) is 0 Å². The smallest absolute Gasteiger partial charge is 0.0623 e. The van der Waals surface area contributed by atoms with Crippen LogP contribution in [0, 0.1) is 0 Å². The summed E-state index contributed by atoms with van der Waals surface area (Å²) in [6.07, 6.45) is 3.37. The van der Waals surface area contributed by atoms with Gasteiger partial charge in [-0.15, -0.1) is 11.3 Å². The molecule has 1 fully saturated rings. The standard InChI is InChI=1S/C16H19NOS/c1-12(9-14-10-18-7-6-17-14)8-13-11-19-16-5-3-2-4-15(13)16/h2-5,8,11,14,17H,6-7,9-10H2,1H3/b12-8-. The molecule has 2 nitrogen and oxygen atoms in total. The molecule has 1 saturated heterocycles. The Balaban J connectivity index is 1.76. The summed E-state index contributed by atoms with van der Waals surface area (Å²) < 4.78 is 6.86. The zero-order valence-electron chi connectivity index (χ0n) is 11.2. The maximum atomic E-state index is 5.50. The quantitative estimate of drug-likeness (QED) is 0.921. The third-order valence-electron chi connectivity index (χ3n) is 3.48. The molecule has 0 saturated carbocycles. The molecule has 1 aromatic heterocycles. The Hall–Kier alpha value is -1.16. The average molecular weight is 273 g/mol. The van der Waals surface area contributed by atoms with E-state index in [1.807, 2.05) is 11.3 Å². The van der Waals surface area contributed by atoms with Crippen LogP contribution in [0.1, 0.15) is 18.9 Å². The van der Waals surface area contributed by atoms with Crippen molar-refractivity contribution in [1.82, 2.24) is 5.32 Å². The summed E-state index contributed by atoms with van der Waals surface area (Å²) in [7, 11) is 0. The van der Waals surface area contributed by atoms with Crippen LogP contribution in [-0.4, -0.2) is 25.8 Å². The van der Waals surface area contributed by atoms with Gasteiger partial charge in [0.25, 0.3) is 0 Å². The lowest BCUT2D eigenvalue weighted by Crippen LogP contribution is -2.41. The Labute approximate surface area is 118 Å². The molecule has 1 N–H and O–H groups in total. The molecule has 19 heavy (non-hydrogen) atoms. The highest BCUT2D eigenvalue weighted by Gasteiger charge is 2.13. The number of morpholine rings is 1. The zero-order valence-corrected chi connectivity index (χ0v) is 12.0. The van der Waals surface area contributed by atoms with Crippen molar-refractivity contribution in [3.05, 3.63) is 40.8 Å². The molecule has 0 aliphatic carbocycles. The van der Waals surface area contributed by atoms with Crippen molar-refractivity contribution in [3.8, 4) is 0 Å². The van der Waals surface area contributed by atoms with Crippen molar-refractivity contribution >= 4 is 27.5 Å². The lowest BCUT2D eigenvalue weighted by atomic mass is 10.0. The van der Waals surface area contributed by atoms with E-state index in [9.17, 15) is 0 Å². The zero-order chi connectivity index (χ0) is 13.1. The summed E-state index contributed by atoms with van der Waals surface area (Å²) >= 11 is 1.82. The van der Waals surface area contributed by atoms with E-state index >= 15 is 0 Å². The van der Waals surface area contributed by atoms with Crippen LogP contribution < -0.4 is 5.32 Å². The van der Waals surface area contributed by atoms with Crippen LogP contribution in [0.15, 0.2) is 35.2 Å². The number of thiophene rings is 1. The Morgan fingerprint density at radius 1 is 1.47 bits per heavy atom. The van der Waals surface area contributed by atoms with Gasteiger partial charge in [0.2, 0.25) is 0 Å². The molecular weight excluding hydrogens is 254 g/mol. The van der Waals surface area contributed by atoms with Crippen LogP contribution in [0.3, 0.4) is 0 Å². The largest absolute Gasteiger partial charge is 0.379 e. The Bertz CT molecular complexity index is 581. The second kappa shape index (κ2) is 5.87. The summed E-state index contributed by atoms with van der Waals surface area (Å²) in [6, 6.07) is 9.06. The SMILES string of the molecule is C/C(=C/c1csc2ccccc12)CC1COCCN1. The van der Waals surface area contributed by atoms with E-state index in [0.717, 1.165) is 26.2 Å². The first-order valence-corrected chi connectivity index (χ1v) is 7.65. The molecule has 1 atom stereocenters. The minimum absolute atomic E-state index is 0.467. The minimum Gasteiger partial charge on any atom is -0.379 e. The molecule has 2 heterocycles. The number of hydrogen-bond acceptors (Lipinski definition) is 3. The van der Waals surface area contributed by atoms with E-state index in [4.69, 9.17) is 4.74 Å². The third kappa shape index (κ3) is 3.06. The highest BCUT2D eigenvalue weighted by Crippen LogP contribution is 2.28. The molecule has 3 rings (SSSR count). The third-order valence-corrected chi connectivity index (χ3v) is 4.46. The van der Waals surface area contributed by atoms with E-state index in [0.29, 0.717) is 6.04 Å². The predicted molar refractivity (Wildman–Crippen MR) is 82.7 cm³/mol. The lowest BCUT2D eigenvalue weighted by Gasteiger charge is -2.24. The van der Waals surface area contributed by atoms with Crippen LogP contribution in [-0.2, 0) is 4.74 Å². The fourth-order valence-electron chi connectivity index (χ4n) is 2.57. The van der Waals surface area contributed by atoms with Gasteiger partial charge in [-0.25, -0.2) is 0 Å². The second-order valence-electron chi connectivity index (χ2n) is 5.11. The predicted octanol–water partition coefficient (Wildman–Crippen LogP) is 3.68. The topological polar surface area (TPSA) is 21.3 Å². The van der Waals surface area contributed by atoms with E-state index in [-0.39, 0.29) is 0 Å². The van der Waals surface area contributed by atoms with Gasteiger partial charge in [-0.1, -0.05) is 29.8 Å². The highest BCUT2D eigenvalue weighted by molar-refractivity contribution is 7.17. The Morgan fingerprint density at radius 2 is 2.37 bits per heavy atom. The van der Waals surface area contributed by atoms with Crippen molar-refractivity contribution in [2.75, 3.05) is 19.8 Å². The molecule has 0 amide bonds. The first-order valence-electron chi connectivity index (χ1n) is 6.77. The number of nitrogens with one attached hydrogen (secondary N) is 1. The summed E-state index contributed by atoms with van der Waals surface area (Å²) in [4.78, 5) is 0. The molecule has 100 valence electrons. The van der Waals surface area contributed by atoms with Crippen LogP contribution in [0.5, 0.6) is 0 Å². The Morgan fingerprint density at radius 3 is 3.21 bits per heavy atom. The van der Waals surface area contributed by atoms with Gasteiger partial charge in [-0.05, 0) is 35.7 Å². The van der Waals surface area contributed by atoms with Gasteiger partial charge in [0, 0.05) is 17.3 Å². The maximum absolute atomic E-state index is 5.50. The monoisotopic (exact) mass is 273 g/mol. The molecule has 1 aromatic carbocycles. The lowest BCUT2D eigenvalue weighted by molar-refractivity contribution is 0.0771. The van der Waals surface area contributed by atoms with E-state index < -0.39 is 0 Å². The molecule has 1 unspecified atom stereocenters. The molecule has 1 aliphatic rings. The van der Waals surface area contributed by atoms with Crippen LogP contribution in [0.25, 0.3) is 16.2 Å². The fraction of sp³-hybridized carbons (Fsp3) is 0.375. The van der Waals surface area contributed by atoms with Gasteiger partial charge >= 0.3 is 0 Å². The van der Waals surface area contributed by atoms with E-state index in [2.05, 4.69) is 48.0 Å². The van der Waals surface area contributed by atoms with E-state index in [1.165, 1.54) is 21.2 Å². The number of hydrogen-bond donors (Lipinski definition) is 1. The van der Waals surface area contributed by atoms with Crippen molar-refractivity contribution in [1.29, 1.82) is 0 Å². The first-order chi connectivity index (χ1) is 9.33. The molecule has 1 aliphatic heterocycles. The summed E-state index contributed by atoms with van der Waals surface area (Å²) in [6.45, 7) is 4.85. The van der Waals surface area contributed by atoms with Crippen LogP contribution in [0.2, 0.25) is 0 Å². The number of benzene rings is 1. The molecular formula is C16H19NOS. The van der Waals surface area contributed by atoms with Crippen molar-refractivity contribution in [2.45, 2.75) is 19.4 Å². The maximum Gasteiger partial charge on any atom is 0.0623 e. The first kappa shape index (κ1) is 12.9. The number of ether oxygens (including phenoxy) is 1. The van der Waals surface area contributed by atoms with Gasteiger partial charge < -0.3 is 10.1 Å². The van der Waals surface area contributed by atoms with Gasteiger partial charge in [0.1, 0.15) is 0 Å². The fourth-order valence-corrected chi connectivity index (χ4v) is 3.49. The number of fused-ring (bicyclic) bond motifs is 1. The van der Waals surface area contributed by atoms with Gasteiger partial charge in [-0.2, -0.15) is 0 Å². The number of rotatable bonds is 3. The molecule has 0 bridgehead atoms. The summed E-state index contributed by atoms with van der Waals surface area (Å²) in [5, 5.41) is 7.11. The normalized spacial score (nSPS) is 20.9.